The summed E-state index contributed by atoms with van der Waals surface area (Å²) in [4.78, 5) is 27.7. The number of nitrogens with one attached hydrogen (secondary N) is 1. The van der Waals surface area contributed by atoms with E-state index in [2.05, 4.69) is 5.32 Å². The Kier molecular flexibility index (Phi) is 9.38. The topological polar surface area (TPSA) is 58.6 Å². The van der Waals surface area contributed by atoms with Crippen molar-refractivity contribution in [1.82, 2.24) is 10.2 Å². The summed E-state index contributed by atoms with van der Waals surface area (Å²) >= 11 is 6.07. The number of amides is 2. The van der Waals surface area contributed by atoms with Crippen molar-refractivity contribution in [3.63, 3.8) is 0 Å². The maximum absolute atomic E-state index is 13.2. The van der Waals surface area contributed by atoms with E-state index in [1.165, 1.54) is 0 Å². The molecule has 0 radical (unpaired) electrons. The van der Waals surface area contributed by atoms with Gasteiger partial charge in [0.25, 0.3) is 5.91 Å². The third-order valence-corrected chi connectivity index (χ3v) is 5.78. The second-order valence-corrected chi connectivity index (χ2v) is 8.36. The Balaban J connectivity index is 2.21. The van der Waals surface area contributed by atoms with E-state index in [0.717, 1.165) is 23.1 Å². The first-order valence-electron chi connectivity index (χ1n) is 10.8. The lowest BCUT2D eigenvalue weighted by Gasteiger charge is -2.31. The summed E-state index contributed by atoms with van der Waals surface area (Å²) in [5.74, 6) is 0.196. The number of carbonyl (C=O) groups is 2. The molecule has 6 heteroatoms. The average molecular weight is 445 g/mol. The predicted molar refractivity (Wildman–Crippen MR) is 125 cm³/mol. The van der Waals surface area contributed by atoms with Gasteiger partial charge >= 0.3 is 0 Å². The van der Waals surface area contributed by atoms with Crippen LogP contribution in [0, 0.1) is 13.8 Å². The Morgan fingerprint density at radius 3 is 2.32 bits per heavy atom. The van der Waals surface area contributed by atoms with Gasteiger partial charge < -0.3 is 15.0 Å². The summed E-state index contributed by atoms with van der Waals surface area (Å²) < 4.78 is 5.74. The van der Waals surface area contributed by atoms with Gasteiger partial charge in [0, 0.05) is 17.6 Å². The molecule has 2 amide bonds. The lowest BCUT2D eigenvalue weighted by Crippen LogP contribution is -2.51. The van der Waals surface area contributed by atoms with Crippen LogP contribution in [0.1, 0.15) is 50.3 Å². The zero-order valence-corrected chi connectivity index (χ0v) is 19.8. The fraction of sp³-hybridized carbons (Fsp3) is 0.440. The van der Waals surface area contributed by atoms with Crippen molar-refractivity contribution in [2.24, 2.45) is 0 Å². The molecule has 0 saturated heterocycles. The molecule has 31 heavy (non-hydrogen) atoms. The molecule has 2 rings (SSSR count). The largest absolute Gasteiger partial charge is 0.484 e. The first-order valence-corrected chi connectivity index (χ1v) is 11.2. The van der Waals surface area contributed by atoms with E-state index in [1.807, 2.05) is 58.9 Å². The molecule has 2 atom stereocenters. The quantitative estimate of drug-likeness (QED) is 0.557. The van der Waals surface area contributed by atoms with E-state index in [1.54, 1.807) is 23.1 Å². The number of aryl methyl sites for hydroxylation is 2. The van der Waals surface area contributed by atoms with E-state index in [0.29, 0.717) is 23.7 Å². The fourth-order valence-electron chi connectivity index (χ4n) is 3.19. The molecular formula is C25H33ClN2O3. The van der Waals surface area contributed by atoms with Gasteiger partial charge in [-0.05, 0) is 62.9 Å². The zero-order chi connectivity index (χ0) is 23.0. The van der Waals surface area contributed by atoms with Crippen LogP contribution in [0.3, 0.4) is 0 Å². The van der Waals surface area contributed by atoms with Crippen LogP contribution in [0.5, 0.6) is 5.75 Å². The van der Waals surface area contributed by atoms with Gasteiger partial charge in [-0.3, -0.25) is 9.59 Å². The van der Waals surface area contributed by atoms with Gasteiger partial charge in [0.2, 0.25) is 5.91 Å². The molecule has 0 fully saturated rings. The van der Waals surface area contributed by atoms with Gasteiger partial charge in [0.1, 0.15) is 11.8 Å². The van der Waals surface area contributed by atoms with E-state index in [9.17, 15) is 9.59 Å². The van der Waals surface area contributed by atoms with E-state index >= 15 is 0 Å². The maximum atomic E-state index is 13.2. The lowest BCUT2D eigenvalue weighted by molar-refractivity contribution is -0.143. The molecule has 0 aromatic heterocycles. The van der Waals surface area contributed by atoms with Crippen LogP contribution in [0.4, 0.5) is 0 Å². The number of nitrogens with zero attached hydrogens (tertiary/aromatic N) is 1. The molecule has 0 aliphatic carbocycles. The molecule has 0 bridgehead atoms. The van der Waals surface area contributed by atoms with Gasteiger partial charge in [0.05, 0.1) is 0 Å². The highest BCUT2D eigenvalue weighted by atomic mass is 35.5. The van der Waals surface area contributed by atoms with Crippen molar-refractivity contribution in [3.05, 3.63) is 64.2 Å². The molecule has 2 aromatic rings. The Morgan fingerprint density at radius 2 is 1.74 bits per heavy atom. The van der Waals surface area contributed by atoms with Gasteiger partial charge in [-0.1, -0.05) is 55.3 Å². The van der Waals surface area contributed by atoms with Crippen molar-refractivity contribution < 1.29 is 14.3 Å². The maximum Gasteiger partial charge on any atom is 0.261 e. The fourth-order valence-corrected chi connectivity index (χ4v) is 3.30. The number of benzene rings is 2. The molecule has 0 saturated carbocycles. The van der Waals surface area contributed by atoms with Gasteiger partial charge in [-0.15, -0.1) is 0 Å². The Labute approximate surface area is 190 Å². The molecule has 5 nitrogen and oxygen atoms in total. The van der Waals surface area contributed by atoms with E-state index < -0.39 is 6.04 Å². The highest BCUT2D eigenvalue weighted by Crippen LogP contribution is 2.21. The SMILES string of the molecule is CCC(C)NC(=O)C(CC)N(Cc1ccc(C)cc1)C(=O)COc1ccc(Cl)c(C)c1. The van der Waals surface area contributed by atoms with Gasteiger partial charge in [-0.2, -0.15) is 0 Å². The van der Waals surface area contributed by atoms with Crippen LogP contribution < -0.4 is 10.1 Å². The highest BCUT2D eigenvalue weighted by Gasteiger charge is 2.29. The number of hydrogen-bond donors (Lipinski definition) is 1. The van der Waals surface area contributed by atoms with Crippen LogP contribution in [-0.2, 0) is 16.1 Å². The molecule has 2 aromatic carbocycles. The molecule has 0 heterocycles. The monoisotopic (exact) mass is 444 g/mol. The van der Waals surface area contributed by atoms with Crippen LogP contribution in [0.2, 0.25) is 5.02 Å². The number of halogens is 1. The van der Waals surface area contributed by atoms with Crippen LogP contribution >= 0.6 is 11.6 Å². The predicted octanol–water partition coefficient (Wildman–Crippen LogP) is 5.06. The average Bonchev–Trinajstić information content (AvgIpc) is 2.75. The zero-order valence-electron chi connectivity index (χ0n) is 19.1. The van der Waals surface area contributed by atoms with E-state index in [4.69, 9.17) is 16.3 Å². The minimum Gasteiger partial charge on any atom is -0.484 e. The molecule has 0 aliphatic heterocycles. The minimum atomic E-state index is -0.571. The molecule has 0 aliphatic rings. The molecule has 168 valence electrons. The summed E-state index contributed by atoms with van der Waals surface area (Å²) in [6.07, 6.45) is 1.34. The lowest BCUT2D eigenvalue weighted by atomic mass is 10.1. The van der Waals surface area contributed by atoms with Gasteiger partial charge in [-0.25, -0.2) is 0 Å². The first kappa shape index (κ1) is 24.7. The Hall–Kier alpha value is -2.53. The summed E-state index contributed by atoms with van der Waals surface area (Å²) in [5, 5.41) is 3.66. The molecule has 1 N–H and O–H groups in total. The molecular weight excluding hydrogens is 412 g/mol. The van der Waals surface area contributed by atoms with Crippen LogP contribution in [0.25, 0.3) is 0 Å². The number of rotatable bonds is 10. The summed E-state index contributed by atoms with van der Waals surface area (Å²) in [6.45, 7) is 9.98. The second kappa shape index (κ2) is 11.8. The number of ether oxygens (including phenoxy) is 1. The summed E-state index contributed by atoms with van der Waals surface area (Å²) in [5.41, 5.74) is 2.99. The number of hydrogen-bond acceptors (Lipinski definition) is 3. The standard InChI is InChI=1S/C25H33ClN2O3/c1-6-19(5)27-25(30)23(7-2)28(15-20-10-8-17(3)9-11-20)24(29)16-31-21-12-13-22(26)18(4)14-21/h8-14,19,23H,6-7,15-16H2,1-5H3,(H,27,30). The van der Waals surface area contributed by atoms with Crippen molar-refractivity contribution in [2.45, 2.75) is 66.1 Å². The summed E-state index contributed by atoms with van der Waals surface area (Å²) in [6, 6.07) is 12.7. The van der Waals surface area contributed by atoms with Crippen molar-refractivity contribution in [1.29, 1.82) is 0 Å². The van der Waals surface area contributed by atoms with Gasteiger partial charge in [0.15, 0.2) is 6.61 Å². The molecule has 2 unspecified atom stereocenters. The van der Waals surface area contributed by atoms with Crippen molar-refractivity contribution in [3.8, 4) is 5.75 Å². The van der Waals surface area contributed by atoms with Crippen molar-refractivity contribution in [2.75, 3.05) is 6.61 Å². The Bertz CT molecular complexity index is 883. The van der Waals surface area contributed by atoms with E-state index in [-0.39, 0.29) is 24.5 Å². The molecule has 0 spiro atoms. The third kappa shape index (κ3) is 7.28. The van der Waals surface area contributed by atoms with Crippen LogP contribution in [0.15, 0.2) is 42.5 Å². The summed E-state index contributed by atoms with van der Waals surface area (Å²) in [7, 11) is 0. The second-order valence-electron chi connectivity index (χ2n) is 7.95. The normalized spacial score (nSPS) is 12.7. The van der Waals surface area contributed by atoms with Crippen molar-refractivity contribution >= 4 is 23.4 Å². The highest BCUT2D eigenvalue weighted by molar-refractivity contribution is 6.31. The first-order chi connectivity index (χ1) is 14.7. The number of carbonyl (C=O) groups excluding carboxylic acids is 2. The smallest absolute Gasteiger partial charge is 0.261 e. The van der Waals surface area contributed by atoms with Crippen LogP contribution in [-0.4, -0.2) is 35.4 Å². The minimum absolute atomic E-state index is 0.0474. The third-order valence-electron chi connectivity index (χ3n) is 5.35. The Morgan fingerprint density at radius 1 is 1.06 bits per heavy atom.